The molecular weight excluding hydrogens is 611 g/mol. The van der Waals surface area contributed by atoms with Crippen molar-refractivity contribution in [2.45, 2.75) is 25.6 Å². The Hall–Kier alpha value is -4.54. The molecule has 3 aromatic rings. The second-order valence-corrected chi connectivity index (χ2v) is 9.98. The van der Waals surface area contributed by atoms with Crippen molar-refractivity contribution >= 4 is 29.4 Å². The molecule has 0 atom stereocenters. The zero-order valence-corrected chi connectivity index (χ0v) is 25.0. The van der Waals surface area contributed by atoms with Gasteiger partial charge < -0.3 is 40.2 Å². The lowest BCUT2D eigenvalue weighted by molar-refractivity contribution is -0.154. The maximum atomic E-state index is 12.8. The van der Waals surface area contributed by atoms with Crippen molar-refractivity contribution < 1.29 is 41.7 Å². The number of nitrogens with zero attached hydrogens (tertiary/aromatic N) is 3. The maximum Gasteiger partial charge on any atom is 0.422 e. The molecule has 2 aromatic carbocycles. The van der Waals surface area contributed by atoms with Gasteiger partial charge in [0, 0.05) is 49.7 Å². The van der Waals surface area contributed by atoms with E-state index in [0.717, 1.165) is 5.56 Å². The van der Waals surface area contributed by atoms with Crippen molar-refractivity contribution in [2.24, 2.45) is 0 Å². The fourth-order valence-electron chi connectivity index (χ4n) is 3.99. The number of nitrogens with one attached hydrogen (secondary N) is 4. The molecule has 248 valence electrons. The minimum Gasteiger partial charge on any atom is -0.454 e. The molecule has 6 bridgehead atoms. The minimum absolute atomic E-state index is 0.0411. The van der Waals surface area contributed by atoms with E-state index in [4.69, 9.17) is 18.9 Å². The van der Waals surface area contributed by atoms with E-state index in [1.807, 2.05) is 0 Å². The number of rotatable bonds is 2. The summed E-state index contributed by atoms with van der Waals surface area (Å²) in [4.78, 5) is 37.1. The van der Waals surface area contributed by atoms with E-state index in [0.29, 0.717) is 82.4 Å². The van der Waals surface area contributed by atoms with Crippen LogP contribution < -0.4 is 26.0 Å². The van der Waals surface area contributed by atoms with Crippen LogP contribution in [0.4, 0.5) is 30.8 Å². The SMILES string of the molecule is O=C1NCCCOCCOCCOCCCNC(=O)c2ccc(cc2)Nc2nc(nc(OCC(F)(F)F)n2)NCc2ccc1cc2. The molecule has 4 N–H and O–H groups in total. The Balaban J connectivity index is 1.45. The molecule has 16 heteroatoms. The van der Waals surface area contributed by atoms with Crippen LogP contribution in [-0.4, -0.2) is 92.3 Å². The molecule has 0 spiro atoms. The molecule has 0 saturated carbocycles. The van der Waals surface area contributed by atoms with Crippen LogP contribution in [0.5, 0.6) is 6.01 Å². The number of benzene rings is 2. The van der Waals surface area contributed by atoms with Gasteiger partial charge in [-0.15, -0.1) is 0 Å². The number of carbonyl (C=O) groups excluding carboxylic acids is 2. The fourth-order valence-corrected chi connectivity index (χ4v) is 3.99. The number of hydrogen-bond acceptors (Lipinski definition) is 11. The summed E-state index contributed by atoms with van der Waals surface area (Å²) < 4.78 is 59.7. The minimum atomic E-state index is -4.60. The second-order valence-electron chi connectivity index (χ2n) is 9.98. The quantitative estimate of drug-likeness (QED) is 0.323. The summed E-state index contributed by atoms with van der Waals surface area (Å²) in [6, 6.07) is 12.6. The number of aromatic nitrogens is 3. The van der Waals surface area contributed by atoms with E-state index in [9.17, 15) is 22.8 Å². The molecule has 46 heavy (non-hydrogen) atoms. The standard InChI is InChI=1S/C30H36F3N7O6/c31-30(32,33)20-46-29-39-27-36-19-21-3-5-22(6-4-21)25(41)34-11-1-13-43-15-17-45-18-16-44-14-2-12-35-26(42)23-7-9-24(10-8-23)37-28(38-27)40-29/h3-10H,1-2,11-20H2,(H,34,41)(H,35,42)(H2,36,37,38,39,40). The van der Waals surface area contributed by atoms with Gasteiger partial charge in [0.2, 0.25) is 11.9 Å². The van der Waals surface area contributed by atoms with E-state index >= 15 is 0 Å². The van der Waals surface area contributed by atoms with Crippen LogP contribution in [0.15, 0.2) is 48.5 Å². The summed E-state index contributed by atoms with van der Waals surface area (Å²) in [7, 11) is 0. The molecule has 2 amide bonds. The molecule has 1 aromatic heterocycles. The van der Waals surface area contributed by atoms with Crippen LogP contribution in [0.3, 0.4) is 0 Å². The third kappa shape index (κ3) is 12.5. The van der Waals surface area contributed by atoms with Gasteiger partial charge in [0.25, 0.3) is 11.8 Å². The Labute approximate surface area is 263 Å². The van der Waals surface area contributed by atoms with Crippen LogP contribution in [0.2, 0.25) is 0 Å². The number of hydrogen-bond donors (Lipinski definition) is 4. The van der Waals surface area contributed by atoms with Crippen LogP contribution in [0.25, 0.3) is 0 Å². The van der Waals surface area contributed by atoms with Gasteiger partial charge in [0.1, 0.15) is 0 Å². The topological polar surface area (TPSA) is 158 Å². The molecule has 0 fully saturated rings. The van der Waals surface area contributed by atoms with E-state index in [1.165, 1.54) is 0 Å². The van der Waals surface area contributed by atoms with Gasteiger partial charge in [-0.1, -0.05) is 12.1 Å². The Bertz CT molecular complexity index is 1400. The number of halogens is 3. The van der Waals surface area contributed by atoms with Crippen LogP contribution in [0, 0.1) is 0 Å². The number of alkyl halides is 3. The van der Waals surface area contributed by atoms with Crippen molar-refractivity contribution in [3.63, 3.8) is 0 Å². The van der Waals surface area contributed by atoms with Gasteiger partial charge in [0.05, 0.1) is 26.4 Å². The highest BCUT2D eigenvalue weighted by Crippen LogP contribution is 2.21. The summed E-state index contributed by atoms with van der Waals surface area (Å²) >= 11 is 0. The predicted octanol–water partition coefficient (Wildman–Crippen LogP) is 3.47. The van der Waals surface area contributed by atoms with Crippen molar-refractivity contribution in [3.8, 4) is 6.01 Å². The van der Waals surface area contributed by atoms with Crippen LogP contribution >= 0.6 is 0 Å². The molecule has 6 rings (SSSR count). The molecule has 0 radical (unpaired) electrons. The van der Waals surface area contributed by atoms with Crippen molar-refractivity contribution in [1.82, 2.24) is 25.6 Å². The third-order valence-electron chi connectivity index (χ3n) is 6.30. The summed E-state index contributed by atoms with van der Waals surface area (Å²) in [6.07, 6.45) is -3.35. The van der Waals surface area contributed by atoms with E-state index in [-0.39, 0.29) is 30.3 Å². The largest absolute Gasteiger partial charge is 0.454 e. The summed E-state index contributed by atoms with van der Waals surface area (Å²) in [5, 5.41) is 11.5. The van der Waals surface area contributed by atoms with Crippen LogP contribution in [-0.2, 0) is 20.8 Å². The fraction of sp³-hybridized carbons (Fsp3) is 0.433. The lowest BCUT2D eigenvalue weighted by Gasteiger charge is -2.12. The first-order chi connectivity index (χ1) is 22.2. The van der Waals surface area contributed by atoms with Gasteiger partial charge in [-0.3, -0.25) is 9.59 Å². The average molecular weight is 648 g/mol. The Morgan fingerprint density at radius 1 is 0.674 bits per heavy atom. The first-order valence-electron chi connectivity index (χ1n) is 14.7. The second kappa shape index (κ2) is 17.8. The molecule has 0 saturated heterocycles. The summed E-state index contributed by atoms with van der Waals surface area (Å²) in [5.74, 6) is -0.621. The predicted molar refractivity (Wildman–Crippen MR) is 161 cm³/mol. The molecule has 13 nitrogen and oxygen atoms in total. The van der Waals surface area contributed by atoms with Gasteiger partial charge in [0.15, 0.2) is 6.61 Å². The first-order valence-corrected chi connectivity index (χ1v) is 14.7. The summed E-state index contributed by atoms with van der Waals surface area (Å²) in [6.45, 7) is 2.10. The normalized spacial score (nSPS) is 16.7. The van der Waals surface area contributed by atoms with E-state index in [2.05, 4.69) is 36.2 Å². The number of anilines is 3. The third-order valence-corrected chi connectivity index (χ3v) is 6.30. The zero-order valence-electron chi connectivity index (χ0n) is 25.0. The number of carbonyl (C=O) groups is 2. The number of amides is 2. The van der Waals surface area contributed by atoms with Crippen molar-refractivity contribution in [2.75, 3.05) is 70.0 Å². The van der Waals surface area contributed by atoms with Gasteiger partial charge >= 0.3 is 12.2 Å². The van der Waals surface area contributed by atoms with Crippen molar-refractivity contribution in [1.29, 1.82) is 0 Å². The highest BCUT2D eigenvalue weighted by Gasteiger charge is 2.29. The maximum absolute atomic E-state index is 12.8. The van der Waals surface area contributed by atoms with Gasteiger partial charge in [-0.25, -0.2) is 0 Å². The molecule has 0 unspecified atom stereocenters. The lowest BCUT2D eigenvalue weighted by Crippen LogP contribution is -2.25. The first kappa shape index (κ1) is 34.3. The zero-order chi connectivity index (χ0) is 32.6. The van der Waals surface area contributed by atoms with E-state index < -0.39 is 18.8 Å². The number of ether oxygens (including phenoxy) is 4. The molecule has 4 heterocycles. The van der Waals surface area contributed by atoms with Gasteiger partial charge in [-0.2, -0.15) is 28.1 Å². The lowest BCUT2D eigenvalue weighted by atomic mass is 10.1. The smallest absolute Gasteiger partial charge is 0.422 e. The number of fused-ring (bicyclic) bond motifs is 2. The Morgan fingerprint density at radius 2 is 1.20 bits per heavy atom. The Morgan fingerprint density at radius 3 is 1.76 bits per heavy atom. The Kier molecular flexibility index (Phi) is 13.3. The summed E-state index contributed by atoms with van der Waals surface area (Å²) in [5.41, 5.74) is 2.11. The van der Waals surface area contributed by atoms with E-state index in [1.54, 1.807) is 48.5 Å². The van der Waals surface area contributed by atoms with Crippen LogP contribution in [0.1, 0.15) is 39.1 Å². The highest BCUT2D eigenvalue weighted by molar-refractivity contribution is 5.94. The average Bonchev–Trinajstić information content (AvgIpc) is 3.04. The van der Waals surface area contributed by atoms with Crippen molar-refractivity contribution in [3.05, 3.63) is 65.2 Å². The molecule has 0 aliphatic carbocycles. The molecule has 3 aliphatic heterocycles. The monoisotopic (exact) mass is 647 g/mol. The highest BCUT2D eigenvalue weighted by atomic mass is 19.4. The molecule has 3 aliphatic rings. The van der Waals surface area contributed by atoms with Gasteiger partial charge in [-0.05, 0) is 54.8 Å². The molecular formula is C30H36F3N7O6.